The summed E-state index contributed by atoms with van der Waals surface area (Å²) in [5.41, 5.74) is 0.433. The fraction of sp³-hybridized carbons (Fsp3) is 0.625. The minimum Gasteiger partial charge on any atom is -0.374 e. The van der Waals surface area contributed by atoms with Gasteiger partial charge in [-0.05, 0) is 51.8 Å². The molecular weight excluding hydrogens is 277 g/mol. The molecule has 1 rings (SSSR count). The third-order valence-corrected chi connectivity index (χ3v) is 3.19. The summed E-state index contributed by atoms with van der Waals surface area (Å²) in [5.74, 6) is -0.326. The van der Waals surface area contributed by atoms with E-state index in [0.717, 1.165) is 13.0 Å². The van der Waals surface area contributed by atoms with E-state index in [4.69, 9.17) is 16.3 Å². The SMILES string of the molecule is CCCNC(COC(C)(C)C)Cc1cccc(Cl)c1F. The molecule has 0 radical (unpaired) electrons. The molecule has 0 amide bonds. The van der Waals surface area contributed by atoms with Crippen LogP contribution in [0.2, 0.25) is 5.02 Å². The van der Waals surface area contributed by atoms with Gasteiger partial charge in [-0.3, -0.25) is 0 Å². The van der Waals surface area contributed by atoms with Crippen LogP contribution in [0.25, 0.3) is 0 Å². The lowest BCUT2D eigenvalue weighted by molar-refractivity contribution is -0.0144. The number of hydrogen-bond donors (Lipinski definition) is 1. The molecule has 0 spiro atoms. The molecule has 0 aliphatic carbocycles. The van der Waals surface area contributed by atoms with Gasteiger partial charge in [-0.25, -0.2) is 4.39 Å². The van der Waals surface area contributed by atoms with Crippen molar-refractivity contribution in [3.63, 3.8) is 0 Å². The van der Waals surface area contributed by atoms with Crippen LogP contribution in [0.5, 0.6) is 0 Å². The van der Waals surface area contributed by atoms with Gasteiger partial charge in [-0.1, -0.05) is 30.7 Å². The van der Waals surface area contributed by atoms with Crippen LogP contribution in [0, 0.1) is 5.82 Å². The van der Waals surface area contributed by atoms with Crippen molar-refractivity contribution in [2.24, 2.45) is 0 Å². The summed E-state index contributed by atoms with van der Waals surface area (Å²) in [6, 6.07) is 5.21. The molecule has 2 nitrogen and oxygen atoms in total. The molecule has 0 aliphatic rings. The molecule has 0 heterocycles. The van der Waals surface area contributed by atoms with E-state index in [0.29, 0.717) is 18.6 Å². The summed E-state index contributed by atoms with van der Waals surface area (Å²) in [6.45, 7) is 9.60. The molecule has 1 atom stereocenters. The predicted molar refractivity (Wildman–Crippen MR) is 82.9 cm³/mol. The smallest absolute Gasteiger partial charge is 0.145 e. The lowest BCUT2D eigenvalue weighted by Gasteiger charge is -2.25. The first-order valence-electron chi connectivity index (χ1n) is 7.13. The van der Waals surface area contributed by atoms with E-state index in [1.807, 2.05) is 20.8 Å². The molecule has 0 bridgehead atoms. The lowest BCUT2D eigenvalue weighted by atomic mass is 10.1. The van der Waals surface area contributed by atoms with Gasteiger partial charge in [-0.15, -0.1) is 0 Å². The van der Waals surface area contributed by atoms with Crippen molar-refractivity contribution in [2.75, 3.05) is 13.2 Å². The Kier molecular flexibility index (Phi) is 6.93. The molecule has 1 unspecified atom stereocenters. The van der Waals surface area contributed by atoms with Crippen LogP contribution in [-0.2, 0) is 11.2 Å². The fourth-order valence-electron chi connectivity index (χ4n) is 1.86. The molecule has 0 saturated heterocycles. The topological polar surface area (TPSA) is 21.3 Å². The monoisotopic (exact) mass is 301 g/mol. The van der Waals surface area contributed by atoms with Crippen molar-refractivity contribution in [3.8, 4) is 0 Å². The van der Waals surface area contributed by atoms with E-state index in [-0.39, 0.29) is 22.5 Å². The van der Waals surface area contributed by atoms with Crippen LogP contribution in [0.1, 0.15) is 39.7 Å². The Labute approximate surface area is 126 Å². The summed E-state index contributed by atoms with van der Waals surface area (Å²) in [6.07, 6.45) is 1.60. The third-order valence-electron chi connectivity index (χ3n) is 2.90. The van der Waals surface area contributed by atoms with E-state index >= 15 is 0 Å². The summed E-state index contributed by atoms with van der Waals surface area (Å²) in [5, 5.41) is 3.58. The van der Waals surface area contributed by atoms with Crippen LogP contribution < -0.4 is 5.32 Å². The second kappa shape index (κ2) is 7.96. The first-order chi connectivity index (χ1) is 9.33. The molecule has 0 aliphatic heterocycles. The van der Waals surface area contributed by atoms with E-state index in [9.17, 15) is 4.39 Å². The maximum atomic E-state index is 14.0. The van der Waals surface area contributed by atoms with Crippen molar-refractivity contribution < 1.29 is 9.13 Å². The van der Waals surface area contributed by atoms with Gasteiger partial charge in [0.2, 0.25) is 0 Å². The molecule has 114 valence electrons. The Morgan fingerprint density at radius 3 is 2.65 bits per heavy atom. The lowest BCUT2D eigenvalue weighted by Crippen LogP contribution is -2.38. The number of hydrogen-bond acceptors (Lipinski definition) is 2. The molecule has 4 heteroatoms. The van der Waals surface area contributed by atoms with Crippen molar-refractivity contribution in [1.82, 2.24) is 5.32 Å². The molecule has 1 aromatic rings. The third kappa shape index (κ3) is 6.21. The van der Waals surface area contributed by atoms with Crippen LogP contribution in [0.4, 0.5) is 4.39 Å². The summed E-state index contributed by atoms with van der Waals surface area (Å²) < 4.78 is 19.8. The zero-order chi connectivity index (χ0) is 15.2. The highest BCUT2D eigenvalue weighted by Gasteiger charge is 2.17. The summed E-state index contributed by atoms with van der Waals surface area (Å²) >= 11 is 5.82. The largest absolute Gasteiger partial charge is 0.374 e. The van der Waals surface area contributed by atoms with Gasteiger partial charge in [0, 0.05) is 6.04 Å². The Morgan fingerprint density at radius 2 is 2.05 bits per heavy atom. The standard InChI is InChI=1S/C16H25ClFNO/c1-5-9-19-13(11-20-16(2,3)4)10-12-7-6-8-14(17)15(12)18/h6-8,13,19H,5,9-11H2,1-4H3. The summed E-state index contributed by atoms with van der Waals surface area (Å²) in [7, 11) is 0. The average molecular weight is 302 g/mol. The van der Waals surface area contributed by atoms with E-state index in [1.165, 1.54) is 0 Å². The summed E-state index contributed by atoms with van der Waals surface area (Å²) in [4.78, 5) is 0. The molecule has 0 fully saturated rings. The number of benzene rings is 1. The maximum absolute atomic E-state index is 14.0. The Morgan fingerprint density at radius 1 is 1.35 bits per heavy atom. The van der Waals surface area contributed by atoms with Gasteiger partial charge in [-0.2, -0.15) is 0 Å². The highest BCUT2D eigenvalue weighted by molar-refractivity contribution is 6.30. The second-order valence-corrected chi connectivity index (χ2v) is 6.40. The van der Waals surface area contributed by atoms with Crippen molar-refractivity contribution >= 4 is 11.6 Å². The quantitative estimate of drug-likeness (QED) is 0.815. The molecule has 1 N–H and O–H groups in total. The zero-order valence-electron chi connectivity index (χ0n) is 12.8. The van der Waals surface area contributed by atoms with Gasteiger partial charge >= 0.3 is 0 Å². The zero-order valence-corrected chi connectivity index (χ0v) is 13.6. The minimum absolute atomic E-state index is 0.0853. The van der Waals surface area contributed by atoms with E-state index in [2.05, 4.69) is 12.2 Å². The number of halogens is 2. The normalized spacial score (nSPS) is 13.5. The molecule has 1 aromatic carbocycles. The Balaban J connectivity index is 2.70. The Bertz CT molecular complexity index is 417. The van der Waals surface area contributed by atoms with Gasteiger partial charge in [0.05, 0.1) is 17.2 Å². The van der Waals surface area contributed by atoms with Gasteiger partial charge in [0.25, 0.3) is 0 Å². The van der Waals surface area contributed by atoms with Crippen LogP contribution >= 0.6 is 11.6 Å². The maximum Gasteiger partial charge on any atom is 0.145 e. The van der Waals surface area contributed by atoms with Crippen LogP contribution in [-0.4, -0.2) is 24.8 Å². The van der Waals surface area contributed by atoms with Crippen LogP contribution in [0.15, 0.2) is 18.2 Å². The number of ether oxygens (including phenoxy) is 1. The van der Waals surface area contributed by atoms with Gasteiger partial charge in [0.1, 0.15) is 5.82 Å². The van der Waals surface area contributed by atoms with Gasteiger partial charge < -0.3 is 10.1 Å². The molecule has 0 saturated carbocycles. The minimum atomic E-state index is -0.326. The van der Waals surface area contributed by atoms with Crippen molar-refractivity contribution in [3.05, 3.63) is 34.6 Å². The average Bonchev–Trinajstić information content (AvgIpc) is 2.37. The van der Waals surface area contributed by atoms with E-state index in [1.54, 1.807) is 18.2 Å². The fourth-order valence-corrected chi connectivity index (χ4v) is 2.05. The molecule has 20 heavy (non-hydrogen) atoms. The van der Waals surface area contributed by atoms with E-state index < -0.39 is 0 Å². The highest BCUT2D eigenvalue weighted by atomic mass is 35.5. The first kappa shape index (κ1) is 17.4. The molecule has 0 aromatic heterocycles. The van der Waals surface area contributed by atoms with Gasteiger partial charge in [0.15, 0.2) is 0 Å². The second-order valence-electron chi connectivity index (χ2n) is 5.99. The number of rotatable bonds is 7. The highest BCUT2D eigenvalue weighted by Crippen LogP contribution is 2.19. The van der Waals surface area contributed by atoms with Crippen LogP contribution in [0.3, 0.4) is 0 Å². The molecular formula is C16H25ClFNO. The predicted octanol–water partition coefficient (Wildman–Crippen LogP) is 4.20. The van der Waals surface area contributed by atoms with Crippen molar-refractivity contribution in [1.29, 1.82) is 0 Å². The number of nitrogens with one attached hydrogen (secondary N) is 1. The first-order valence-corrected chi connectivity index (χ1v) is 7.51. The van der Waals surface area contributed by atoms with Crippen molar-refractivity contribution in [2.45, 2.75) is 52.2 Å². The Hall–Kier alpha value is -0.640.